The molecule has 143 heavy (non-hydrogen) atoms. The Hall–Kier alpha value is -4.10. The third kappa shape index (κ3) is 77.8. The van der Waals surface area contributed by atoms with Crippen molar-refractivity contribution in [2.45, 2.75) is 681 Å². The zero-order chi connectivity index (χ0) is 104. The van der Waals surface area contributed by atoms with Crippen LogP contribution >= 0.6 is 7.60 Å². The van der Waals surface area contributed by atoms with E-state index in [1.165, 1.54) is 180 Å². The number of unbranched alkanes of at least 4 members (excludes halogenated alkanes) is 65. The average molecular weight is 2050 g/mol. The molecular weight excluding hydrogens is 1830 g/mol. The molecule has 0 saturated carbocycles. The van der Waals surface area contributed by atoms with Gasteiger partial charge in [-0.05, 0) is 89.9 Å². The lowest BCUT2D eigenvalue weighted by atomic mass is 9.95. The molecule has 0 aromatic heterocycles. The van der Waals surface area contributed by atoms with Crippen LogP contribution in [0.3, 0.4) is 0 Å². The second kappa shape index (κ2) is 96.2. The van der Waals surface area contributed by atoms with Crippen molar-refractivity contribution >= 4 is 49.3 Å². The lowest BCUT2D eigenvalue weighted by molar-refractivity contribution is -0.297. The number of nitrogens with one attached hydrogen (secondary N) is 2. The van der Waals surface area contributed by atoms with Crippen LogP contribution in [0.2, 0.25) is 0 Å². The highest BCUT2D eigenvalue weighted by molar-refractivity contribution is 7.51. The van der Waals surface area contributed by atoms with Crippen LogP contribution in [-0.4, -0.2) is 173 Å². The highest BCUT2D eigenvalue weighted by Gasteiger charge is 2.53. The Morgan fingerprint density at radius 1 is 0.322 bits per heavy atom. The number of hydrogen-bond acceptors (Lipinski definition) is 21. The number of aliphatic hydroxyl groups excluding tert-OH is 4. The minimum absolute atomic E-state index is 0. The molecule has 0 spiro atoms. The second-order valence-electron chi connectivity index (χ2n) is 42.5. The zero-order valence-corrected chi connectivity index (χ0v) is 93.1. The normalized spacial score (nSPS) is 19.3. The summed E-state index contributed by atoms with van der Waals surface area (Å²) in [6.45, 7) is 14.6. The van der Waals surface area contributed by atoms with Crippen molar-refractivity contribution in [3.8, 4) is 0 Å². The van der Waals surface area contributed by atoms with Crippen LogP contribution < -0.4 is 10.6 Å². The standard InChI is InChI=1S/C117H219N2O22P.CH4/c1-9-16-23-30-37-44-47-50-53-60-67-74-81-88-105(124)134-98(85-78-71-64-57-41-34-27-20-13-5)92-103(122)118-110-114(140-109(128)94-100(87-80-73-66-59-43-36-29-22-15-7)136-107(126)90-83-76-69-62-55-52-49-46-39-32-25-18-11-3)112(129)101(95-120)137-116(110)133-96-102-113(130)115(139-108(127)91-97(121)84-77-70-63-56-40-33-26-19-12-4)111(117(138-102)141-142(8,131)132)119-104(123)93-99(86-79-72-65-58-42-35-28-21-14-6)135-106(125)89-82-75-68-61-54-51-48-45-38-31-24-17-10-2;/h44,47,97-102,110-117,120-121,129-130H,9-43,45-46,48-96H2,1-8H3,(H,118,122)(H,119,123)(H,131,132);1H4/b47-44-;/t97?,98?,99?,100?,101?,102?,110?,111?,112-,113-,114-,115-,116-,117?;/m1./s1. The highest BCUT2D eigenvalue weighted by atomic mass is 31.2. The number of carbonyl (C=O) groups is 7. The Morgan fingerprint density at radius 3 is 0.867 bits per heavy atom. The third-order valence-electron chi connectivity index (χ3n) is 28.6. The predicted molar refractivity (Wildman–Crippen MR) is 582 cm³/mol. The molecule has 0 aromatic rings. The molecule has 2 aliphatic heterocycles. The second-order valence-corrected chi connectivity index (χ2v) is 44.3. The molecule has 2 saturated heterocycles. The van der Waals surface area contributed by atoms with Gasteiger partial charge >= 0.3 is 37.4 Å². The van der Waals surface area contributed by atoms with Crippen LogP contribution in [0.25, 0.3) is 0 Å². The Balaban J connectivity index is 0.000102. The smallest absolute Gasteiger partial charge is 0.327 e. The lowest BCUT2D eigenvalue weighted by Gasteiger charge is -2.46. The predicted octanol–water partition coefficient (Wildman–Crippen LogP) is 30.0. The van der Waals surface area contributed by atoms with E-state index in [1.807, 2.05) is 0 Å². The van der Waals surface area contributed by atoms with E-state index in [0.717, 1.165) is 251 Å². The lowest BCUT2D eigenvalue weighted by Crippen LogP contribution is -2.67. The average Bonchev–Trinajstić information content (AvgIpc) is 0.784. The van der Waals surface area contributed by atoms with Crippen molar-refractivity contribution in [2.24, 2.45) is 0 Å². The van der Waals surface area contributed by atoms with Crippen LogP contribution in [0.4, 0.5) is 0 Å². The van der Waals surface area contributed by atoms with Crippen molar-refractivity contribution in [2.75, 3.05) is 19.9 Å². The van der Waals surface area contributed by atoms with Gasteiger partial charge in [0.15, 0.2) is 24.8 Å². The van der Waals surface area contributed by atoms with E-state index in [0.29, 0.717) is 64.2 Å². The summed E-state index contributed by atoms with van der Waals surface area (Å²) in [4.78, 5) is 113. The molecule has 842 valence electrons. The number of carbonyl (C=O) groups excluding carboxylic acids is 7. The minimum Gasteiger partial charge on any atom is -0.462 e. The minimum atomic E-state index is -4.69. The van der Waals surface area contributed by atoms with Gasteiger partial charge in [0.2, 0.25) is 11.8 Å². The Kier molecular flexibility index (Phi) is 92.1. The van der Waals surface area contributed by atoms with Gasteiger partial charge in [-0.3, -0.25) is 42.7 Å². The van der Waals surface area contributed by atoms with Gasteiger partial charge in [-0.25, -0.2) is 0 Å². The molecule has 2 fully saturated rings. The first-order valence-corrected chi connectivity index (χ1v) is 61.9. The summed E-state index contributed by atoms with van der Waals surface area (Å²) in [5, 5.41) is 53.8. The van der Waals surface area contributed by atoms with E-state index in [1.54, 1.807) is 0 Å². The Bertz CT molecular complexity index is 3050. The number of amides is 2. The summed E-state index contributed by atoms with van der Waals surface area (Å²) >= 11 is 0. The van der Waals surface area contributed by atoms with Crippen molar-refractivity contribution in [3.63, 3.8) is 0 Å². The van der Waals surface area contributed by atoms with Crippen molar-refractivity contribution in [3.05, 3.63) is 12.2 Å². The topological polar surface area (TPSA) is 345 Å². The summed E-state index contributed by atoms with van der Waals surface area (Å²) in [5.41, 5.74) is 0. The van der Waals surface area contributed by atoms with Crippen LogP contribution in [-0.2, 0) is 80.5 Å². The van der Waals surface area contributed by atoms with E-state index in [4.69, 9.17) is 42.4 Å². The van der Waals surface area contributed by atoms with Crippen LogP contribution in [0.15, 0.2) is 12.2 Å². The van der Waals surface area contributed by atoms with Gasteiger partial charge in [0.05, 0.1) is 45.0 Å². The van der Waals surface area contributed by atoms with E-state index >= 15 is 9.59 Å². The summed E-state index contributed by atoms with van der Waals surface area (Å²) in [6.07, 6.45) is 63.9. The molecule has 24 nitrogen and oxygen atoms in total. The van der Waals surface area contributed by atoms with Gasteiger partial charge < -0.3 is 73.8 Å². The summed E-state index contributed by atoms with van der Waals surface area (Å²) < 4.78 is 70.3. The van der Waals surface area contributed by atoms with E-state index in [2.05, 4.69) is 71.3 Å². The molecule has 10 unspecified atom stereocenters. The number of rotatable bonds is 102. The van der Waals surface area contributed by atoms with Crippen molar-refractivity contribution in [1.29, 1.82) is 0 Å². The highest BCUT2D eigenvalue weighted by Crippen LogP contribution is 2.43. The summed E-state index contributed by atoms with van der Waals surface area (Å²) in [6, 6.07) is -3.43. The molecule has 0 radical (unpaired) electrons. The molecule has 7 N–H and O–H groups in total. The van der Waals surface area contributed by atoms with Gasteiger partial charge in [-0.15, -0.1) is 0 Å². The first-order valence-electron chi connectivity index (χ1n) is 59.8. The van der Waals surface area contributed by atoms with Crippen LogP contribution in [0.1, 0.15) is 595 Å². The van der Waals surface area contributed by atoms with Crippen LogP contribution in [0, 0.1) is 0 Å². The summed E-state index contributed by atoms with van der Waals surface area (Å²) in [7, 11) is -4.69. The number of hydrogen-bond donors (Lipinski definition) is 7. The monoisotopic (exact) mass is 2050 g/mol. The maximum absolute atomic E-state index is 15.3. The molecular formula is C118H223N2O22P. The first kappa shape index (κ1) is 137. The maximum atomic E-state index is 15.3. The zero-order valence-electron chi connectivity index (χ0n) is 92.2. The number of allylic oxidation sites excluding steroid dienone is 2. The van der Waals surface area contributed by atoms with Gasteiger partial charge in [0.25, 0.3) is 0 Å². The fourth-order valence-corrected chi connectivity index (χ4v) is 20.3. The van der Waals surface area contributed by atoms with Crippen LogP contribution in [0.5, 0.6) is 0 Å². The van der Waals surface area contributed by atoms with Gasteiger partial charge in [-0.2, -0.15) is 0 Å². The molecule has 2 aliphatic rings. The molecule has 2 rings (SSSR count). The largest absolute Gasteiger partial charge is 0.462 e. The van der Waals surface area contributed by atoms with Gasteiger partial charge in [0, 0.05) is 25.9 Å². The molecule has 25 heteroatoms. The molecule has 0 bridgehead atoms. The molecule has 0 aliphatic carbocycles. The van der Waals surface area contributed by atoms with Gasteiger partial charge in [-0.1, -0.05) is 473 Å². The van der Waals surface area contributed by atoms with Crippen molar-refractivity contribution in [1.82, 2.24) is 10.6 Å². The first-order chi connectivity index (χ1) is 69.1. The molecule has 2 amide bonds. The fourth-order valence-electron chi connectivity index (χ4n) is 19.7. The quantitative estimate of drug-likeness (QED) is 0.00978. The van der Waals surface area contributed by atoms with Crippen molar-refractivity contribution < 1.29 is 106 Å². The van der Waals surface area contributed by atoms with E-state index in [-0.39, 0.29) is 39.5 Å². The SMILES string of the molecule is C.CCCCCC/C=C\CCCCCCCC(=O)OC(CCCCCCCCCCC)CC(=O)NC1[C@H](OCC2OC(OP(C)(=O)O)C(NC(=O)CC(CCCCCCCCCCC)OC(=O)CCCCCCCCCCCCCCC)[C@@H](OC(=O)CC(O)CCCCCCCCCCC)[C@@H]2O)OC(CO)[C@@H](O)[C@@H]1OC(=O)CC(CCCCCCCCCCC)OC(=O)CCCCCCCCCCCCCCC. The summed E-state index contributed by atoms with van der Waals surface area (Å²) in [5.74, 6) is -4.73. The van der Waals surface area contributed by atoms with Gasteiger partial charge in [0.1, 0.15) is 54.8 Å². The Morgan fingerprint density at radius 2 is 0.566 bits per heavy atom. The maximum Gasteiger partial charge on any atom is 0.327 e. The fraction of sp³-hybridized carbons (Fsp3) is 0.924. The van der Waals surface area contributed by atoms with E-state index in [9.17, 15) is 53.9 Å². The number of esters is 5. The van der Waals surface area contributed by atoms with E-state index < -0.39 is 167 Å². The third-order valence-corrected chi connectivity index (χ3v) is 29.2. The number of aliphatic hydroxyl groups is 4. The Labute approximate surface area is 873 Å². The molecule has 15 atom stereocenters. The number of ether oxygens (including phenoxy) is 8. The molecule has 2 heterocycles. The molecule has 0 aromatic carbocycles.